The van der Waals surface area contributed by atoms with E-state index in [1.165, 1.54) is 13.3 Å². The number of carbonyl (C=O) groups excluding carboxylic acids is 1. The molecule has 3 rings (SSSR count). The van der Waals surface area contributed by atoms with Gasteiger partial charge in [-0.1, -0.05) is 46.3 Å². The first-order valence-electron chi connectivity index (χ1n) is 7.09. The second kappa shape index (κ2) is 6.41. The molecule has 2 aromatic carbocycles. The van der Waals surface area contributed by atoms with Gasteiger partial charge in [0, 0.05) is 16.1 Å². The van der Waals surface area contributed by atoms with Crippen LogP contribution in [-0.4, -0.2) is 25.5 Å². The SMILES string of the molecule is COC(=O)c1ccc(Br)c2ccn(S(=O)(=O)Cc3ccccc3)c12. The minimum absolute atomic E-state index is 0.162. The standard InChI is InChI=1S/C17H14BrNO4S/c1-23-17(20)14-7-8-15(18)13-9-10-19(16(13)14)24(21,22)11-12-5-3-2-4-6-12/h2-10H,11H2,1H3. The highest BCUT2D eigenvalue weighted by Crippen LogP contribution is 2.30. The summed E-state index contributed by atoms with van der Waals surface area (Å²) < 4.78 is 32.3. The van der Waals surface area contributed by atoms with Crippen LogP contribution >= 0.6 is 15.9 Å². The lowest BCUT2D eigenvalue weighted by atomic mass is 10.1. The Hall–Kier alpha value is -2.12. The van der Waals surface area contributed by atoms with Gasteiger partial charge in [0.15, 0.2) is 0 Å². The molecular weight excluding hydrogens is 394 g/mol. The first kappa shape index (κ1) is 16.7. The van der Waals surface area contributed by atoms with E-state index >= 15 is 0 Å². The van der Waals surface area contributed by atoms with Crippen LogP contribution in [0, 0.1) is 0 Å². The van der Waals surface area contributed by atoms with Crippen LogP contribution in [0.25, 0.3) is 10.9 Å². The summed E-state index contributed by atoms with van der Waals surface area (Å²) in [6, 6.07) is 13.8. The molecule has 5 nitrogen and oxygen atoms in total. The Labute approximate surface area is 148 Å². The van der Waals surface area contributed by atoms with Crippen molar-refractivity contribution < 1.29 is 17.9 Å². The molecule has 0 amide bonds. The predicted molar refractivity (Wildman–Crippen MR) is 95.4 cm³/mol. The van der Waals surface area contributed by atoms with Crippen molar-refractivity contribution in [2.75, 3.05) is 7.11 Å². The lowest BCUT2D eigenvalue weighted by Crippen LogP contribution is -2.16. The summed E-state index contributed by atoms with van der Waals surface area (Å²) >= 11 is 3.39. The maximum Gasteiger partial charge on any atom is 0.340 e. The molecule has 0 fully saturated rings. The fourth-order valence-corrected chi connectivity index (χ4v) is 4.48. The molecule has 0 saturated carbocycles. The second-order valence-electron chi connectivity index (χ2n) is 5.20. The Kier molecular flexibility index (Phi) is 4.47. The van der Waals surface area contributed by atoms with Crippen LogP contribution in [0.5, 0.6) is 0 Å². The molecule has 0 aliphatic carbocycles. The Bertz CT molecular complexity index is 1010. The van der Waals surface area contributed by atoms with Crippen molar-refractivity contribution in [1.29, 1.82) is 0 Å². The number of methoxy groups -OCH3 is 1. The van der Waals surface area contributed by atoms with E-state index in [0.29, 0.717) is 20.9 Å². The van der Waals surface area contributed by atoms with Gasteiger partial charge in [0.2, 0.25) is 10.0 Å². The van der Waals surface area contributed by atoms with Gasteiger partial charge in [-0.15, -0.1) is 0 Å². The van der Waals surface area contributed by atoms with Crippen molar-refractivity contribution in [3.63, 3.8) is 0 Å². The van der Waals surface area contributed by atoms with Crippen molar-refractivity contribution in [3.05, 3.63) is 70.3 Å². The third-order valence-electron chi connectivity index (χ3n) is 3.66. The molecule has 0 unspecified atom stereocenters. The van der Waals surface area contributed by atoms with Crippen LogP contribution in [0.3, 0.4) is 0 Å². The lowest BCUT2D eigenvalue weighted by Gasteiger charge is -2.11. The van der Waals surface area contributed by atoms with E-state index in [2.05, 4.69) is 15.9 Å². The van der Waals surface area contributed by atoms with Crippen LogP contribution < -0.4 is 0 Å². The molecule has 0 atom stereocenters. The van der Waals surface area contributed by atoms with E-state index in [0.717, 1.165) is 3.97 Å². The highest BCUT2D eigenvalue weighted by Gasteiger charge is 2.22. The van der Waals surface area contributed by atoms with Crippen LogP contribution in [-0.2, 0) is 20.5 Å². The minimum atomic E-state index is -3.69. The number of ether oxygens (including phenoxy) is 1. The number of halogens is 1. The highest BCUT2D eigenvalue weighted by molar-refractivity contribution is 9.10. The number of carbonyl (C=O) groups is 1. The van der Waals surface area contributed by atoms with Gasteiger partial charge in [0.05, 0.1) is 23.9 Å². The van der Waals surface area contributed by atoms with Crippen LogP contribution in [0.4, 0.5) is 0 Å². The van der Waals surface area contributed by atoms with Crippen LogP contribution in [0.1, 0.15) is 15.9 Å². The van der Waals surface area contributed by atoms with Crippen molar-refractivity contribution in [3.8, 4) is 0 Å². The fraction of sp³-hybridized carbons (Fsp3) is 0.118. The van der Waals surface area contributed by atoms with E-state index in [-0.39, 0.29) is 11.3 Å². The molecule has 0 aliphatic heterocycles. The maximum absolute atomic E-state index is 12.8. The zero-order valence-corrected chi connectivity index (χ0v) is 15.2. The van der Waals surface area contributed by atoms with Crippen LogP contribution in [0.15, 0.2) is 59.2 Å². The first-order valence-corrected chi connectivity index (χ1v) is 9.49. The van der Waals surface area contributed by atoms with Crippen molar-refractivity contribution in [1.82, 2.24) is 3.97 Å². The number of rotatable bonds is 4. The van der Waals surface area contributed by atoms with Gasteiger partial charge in [-0.3, -0.25) is 0 Å². The predicted octanol–water partition coefficient (Wildman–Crippen LogP) is 3.57. The summed E-state index contributed by atoms with van der Waals surface area (Å²) in [6.07, 6.45) is 1.46. The molecule has 0 spiro atoms. The Morgan fingerprint density at radius 1 is 1.12 bits per heavy atom. The molecule has 1 heterocycles. The molecular formula is C17H14BrNO4S. The van der Waals surface area contributed by atoms with Gasteiger partial charge >= 0.3 is 5.97 Å². The quantitative estimate of drug-likeness (QED) is 0.620. The van der Waals surface area contributed by atoms with E-state index in [4.69, 9.17) is 4.74 Å². The largest absolute Gasteiger partial charge is 0.465 e. The molecule has 0 bridgehead atoms. The first-order chi connectivity index (χ1) is 11.4. The van der Waals surface area contributed by atoms with Gasteiger partial charge in [0.1, 0.15) is 0 Å². The normalized spacial score (nSPS) is 11.6. The molecule has 3 aromatic rings. The van der Waals surface area contributed by atoms with Gasteiger partial charge in [-0.25, -0.2) is 17.2 Å². The van der Waals surface area contributed by atoms with E-state index in [9.17, 15) is 13.2 Å². The molecule has 0 radical (unpaired) electrons. The maximum atomic E-state index is 12.8. The fourth-order valence-electron chi connectivity index (χ4n) is 2.56. The monoisotopic (exact) mass is 407 g/mol. The number of aromatic nitrogens is 1. The minimum Gasteiger partial charge on any atom is -0.465 e. The van der Waals surface area contributed by atoms with Crippen molar-refractivity contribution >= 4 is 42.8 Å². The van der Waals surface area contributed by atoms with Gasteiger partial charge in [0.25, 0.3) is 0 Å². The highest BCUT2D eigenvalue weighted by atomic mass is 79.9. The third kappa shape index (κ3) is 2.97. The summed E-state index contributed by atoms with van der Waals surface area (Å²) in [5.74, 6) is -0.743. The summed E-state index contributed by atoms with van der Waals surface area (Å²) in [5.41, 5.74) is 1.19. The smallest absolute Gasteiger partial charge is 0.340 e. The topological polar surface area (TPSA) is 65.4 Å². The van der Waals surface area contributed by atoms with E-state index < -0.39 is 16.0 Å². The molecule has 24 heavy (non-hydrogen) atoms. The molecule has 7 heteroatoms. The molecule has 0 aliphatic rings. The number of esters is 1. The molecule has 0 N–H and O–H groups in total. The average Bonchev–Trinajstić information content (AvgIpc) is 3.02. The van der Waals surface area contributed by atoms with E-state index in [1.54, 1.807) is 42.5 Å². The van der Waals surface area contributed by atoms with Gasteiger partial charge < -0.3 is 4.74 Å². The number of nitrogens with zero attached hydrogens (tertiary/aromatic N) is 1. The van der Waals surface area contributed by atoms with Crippen molar-refractivity contribution in [2.24, 2.45) is 0 Å². The average molecular weight is 408 g/mol. The van der Waals surface area contributed by atoms with E-state index in [1.807, 2.05) is 6.07 Å². The number of benzene rings is 2. The summed E-state index contributed by atoms with van der Waals surface area (Å²) in [6.45, 7) is 0. The Morgan fingerprint density at radius 3 is 2.50 bits per heavy atom. The summed E-state index contributed by atoms with van der Waals surface area (Å²) in [5, 5.41) is 0.634. The van der Waals surface area contributed by atoms with Gasteiger partial charge in [-0.05, 0) is 23.8 Å². The summed E-state index contributed by atoms with van der Waals surface area (Å²) in [4.78, 5) is 12.0. The Morgan fingerprint density at radius 2 is 1.83 bits per heavy atom. The summed E-state index contributed by atoms with van der Waals surface area (Å²) in [7, 11) is -2.42. The number of fused-ring (bicyclic) bond motifs is 1. The van der Waals surface area contributed by atoms with Crippen molar-refractivity contribution in [2.45, 2.75) is 5.75 Å². The number of hydrogen-bond donors (Lipinski definition) is 0. The number of hydrogen-bond acceptors (Lipinski definition) is 4. The van der Waals surface area contributed by atoms with Crippen LogP contribution in [0.2, 0.25) is 0 Å². The molecule has 0 saturated heterocycles. The Balaban J connectivity index is 2.19. The second-order valence-corrected chi connectivity index (χ2v) is 7.90. The zero-order valence-electron chi connectivity index (χ0n) is 12.8. The lowest BCUT2D eigenvalue weighted by molar-refractivity contribution is 0.0602. The van der Waals surface area contributed by atoms with Gasteiger partial charge in [-0.2, -0.15) is 0 Å². The zero-order chi connectivity index (χ0) is 17.3. The molecule has 1 aromatic heterocycles. The molecule has 124 valence electrons. The third-order valence-corrected chi connectivity index (χ3v) is 5.95.